The quantitative estimate of drug-likeness (QED) is 0.532. The van der Waals surface area contributed by atoms with Gasteiger partial charge in [-0.2, -0.15) is 0 Å². The van der Waals surface area contributed by atoms with Crippen molar-refractivity contribution in [2.24, 2.45) is 7.05 Å². The summed E-state index contributed by atoms with van der Waals surface area (Å²) < 4.78 is 40.3. The summed E-state index contributed by atoms with van der Waals surface area (Å²) in [5, 5.41) is 8.52. The van der Waals surface area contributed by atoms with Crippen LogP contribution >= 0.6 is 11.8 Å². The topological polar surface area (TPSA) is 95.3 Å². The van der Waals surface area contributed by atoms with Crippen LogP contribution in [-0.4, -0.2) is 43.5 Å². The minimum atomic E-state index is -3.75. The summed E-state index contributed by atoms with van der Waals surface area (Å²) in [7, 11) is -0.340. The van der Waals surface area contributed by atoms with Crippen molar-refractivity contribution in [3.63, 3.8) is 0 Å². The highest BCUT2D eigenvalue weighted by Gasteiger charge is 2.17. The minimum Gasteiger partial charge on any atom is -0.491 e. The summed E-state index contributed by atoms with van der Waals surface area (Å²) in [5.41, 5.74) is 0.468. The highest BCUT2D eigenvalue weighted by molar-refractivity contribution is 7.99. The van der Waals surface area contributed by atoms with Crippen molar-refractivity contribution in [2.45, 2.75) is 14.9 Å². The molecule has 0 atom stereocenters. The Morgan fingerprint density at radius 1 is 1.11 bits per heavy atom. The Morgan fingerprint density at radius 3 is 2.54 bits per heavy atom. The standard InChI is InChI=1S/C18H20N4O4S2/c1-22-13-19-20-18(22)27-17-6-4-3-5-16(17)21-28(23,24)15-9-7-14(8-10-15)26-12-11-25-2/h3-10,13,21H,11-12H2,1-2H3. The van der Waals surface area contributed by atoms with Gasteiger partial charge in [0.05, 0.1) is 17.2 Å². The molecule has 1 heterocycles. The number of hydrogen-bond donors (Lipinski definition) is 1. The third-order valence-corrected chi connectivity index (χ3v) is 6.20. The molecule has 0 saturated heterocycles. The zero-order valence-corrected chi connectivity index (χ0v) is 17.0. The zero-order chi connectivity index (χ0) is 20.0. The third-order valence-electron chi connectivity index (χ3n) is 3.69. The highest BCUT2D eigenvalue weighted by Crippen LogP contribution is 2.33. The van der Waals surface area contributed by atoms with Gasteiger partial charge in [-0.3, -0.25) is 4.72 Å². The highest BCUT2D eigenvalue weighted by atomic mass is 32.2. The van der Waals surface area contributed by atoms with E-state index < -0.39 is 10.0 Å². The lowest BCUT2D eigenvalue weighted by Crippen LogP contribution is -2.13. The van der Waals surface area contributed by atoms with E-state index in [0.717, 1.165) is 4.90 Å². The van der Waals surface area contributed by atoms with Gasteiger partial charge in [-0.15, -0.1) is 10.2 Å². The summed E-state index contributed by atoms with van der Waals surface area (Å²) in [5.74, 6) is 0.578. The first-order chi connectivity index (χ1) is 13.5. The Morgan fingerprint density at radius 2 is 1.86 bits per heavy atom. The van der Waals surface area contributed by atoms with Crippen LogP contribution in [-0.2, 0) is 21.8 Å². The van der Waals surface area contributed by atoms with Crippen LogP contribution in [0.4, 0.5) is 5.69 Å². The molecule has 0 spiro atoms. The molecule has 0 aliphatic heterocycles. The van der Waals surface area contributed by atoms with Gasteiger partial charge in [0.1, 0.15) is 18.7 Å². The number of rotatable bonds is 9. The SMILES string of the molecule is COCCOc1ccc(S(=O)(=O)Nc2ccccc2Sc2nncn2C)cc1. The predicted molar refractivity (Wildman–Crippen MR) is 106 cm³/mol. The second kappa shape index (κ2) is 9.09. The fraction of sp³-hybridized carbons (Fsp3) is 0.222. The molecule has 3 rings (SSSR count). The van der Waals surface area contributed by atoms with E-state index in [2.05, 4.69) is 14.9 Å². The number of benzene rings is 2. The number of hydrogen-bond acceptors (Lipinski definition) is 7. The molecule has 0 fully saturated rings. The van der Waals surface area contributed by atoms with Crippen molar-refractivity contribution < 1.29 is 17.9 Å². The van der Waals surface area contributed by atoms with Crippen molar-refractivity contribution in [1.29, 1.82) is 0 Å². The number of aryl methyl sites for hydroxylation is 1. The number of methoxy groups -OCH3 is 1. The van der Waals surface area contributed by atoms with Crippen molar-refractivity contribution in [2.75, 3.05) is 25.0 Å². The Balaban J connectivity index is 1.76. The van der Waals surface area contributed by atoms with E-state index in [1.807, 2.05) is 19.2 Å². The Labute approximate surface area is 167 Å². The molecular weight excluding hydrogens is 400 g/mol. The number of para-hydroxylation sites is 1. The maximum absolute atomic E-state index is 12.8. The monoisotopic (exact) mass is 420 g/mol. The van der Waals surface area contributed by atoms with Gasteiger partial charge in [0.2, 0.25) is 0 Å². The lowest BCUT2D eigenvalue weighted by molar-refractivity contribution is 0.146. The molecule has 8 nitrogen and oxygen atoms in total. The van der Waals surface area contributed by atoms with Crippen LogP contribution in [0, 0.1) is 0 Å². The van der Waals surface area contributed by atoms with Crippen LogP contribution in [0.15, 0.2) is 69.8 Å². The first-order valence-electron chi connectivity index (χ1n) is 8.35. The van der Waals surface area contributed by atoms with Crippen molar-refractivity contribution in [3.05, 3.63) is 54.9 Å². The Kier molecular flexibility index (Phi) is 6.55. The van der Waals surface area contributed by atoms with Crippen LogP contribution in [0.2, 0.25) is 0 Å². The number of nitrogens with zero attached hydrogens (tertiary/aromatic N) is 3. The van der Waals surface area contributed by atoms with E-state index in [9.17, 15) is 8.42 Å². The summed E-state index contributed by atoms with van der Waals surface area (Å²) in [6.07, 6.45) is 1.59. The molecule has 0 aliphatic carbocycles. The number of ether oxygens (including phenoxy) is 2. The number of aromatic nitrogens is 3. The Bertz CT molecular complexity index is 1020. The van der Waals surface area contributed by atoms with E-state index >= 15 is 0 Å². The van der Waals surface area contributed by atoms with Crippen LogP contribution in [0.5, 0.6) is 5.75 Å². The Hall–Kier alpha value is -2.56. The molecule has 1 aromatic heterocycles. The second-order valence-corrected chi connectivity index (χ2v) is 8.43. The van der Waals surface area contributed by atoms with Crippen LogP contribution in [0.25, 0.3) is 0 Å². The van der Waals surface area contributed by atoms with Gasteiger partial charge >= 0.3 is 0 Å². The molecule has 0 unspecified atom stereocenters. The zero-order valence-electron chi connectivity index (χ0n) is 15.4. The van der Waals surface area contributed by atoms with Gasteiger partial charge in [-0.1, -0.05) is 12.1 Å². The van der Waals surface area contributed by atoms with Gasteiger partial charge in [-0.05, 0) is 48.2 Å². The first kappa shape index (κ1) is 20.2. The average molecular weight is 421 g/mol. The van der Waals surface area contributed by atoms with Crippen LogP contribution in [0.3, 0.4) is 0 Å². The van der Waals surface area contributed by atoms with Crippen molar-refractivity contribution in [3.8, 4) is 5.75 Å². The maximum Gasteiger partial charge on any atom is 0.261 e. The van der Waals surface area contributed by atoms with Gasteiger partial charge in [0, 0.05) is 19.1 Å². The van der Waals surface area contributed by atoms with E-state index in [1.165, 1.54) is 23.9 Å². The molecule has 10 heteroatoms. The molecule has 3 aromatic rings. The number of nitrogens with one attached hydrogen (secondary N) is 1. The van der Waals surface area contributed by atoms with Crippen molar-refractivity contribution >= 4 is 27.5 Å². The van der Waals surface area contributed by atoms with Crippen LogP contribution in [0.1, 0.15) is 0 Å². The fourth-order valence-electron chi connectivity index (χ4n) is 2.26. The number of anilines is 1. The molecule has 0 bridgehead atoms. The van der Waals surface area contributed by atoms with Crippen LogP contribution < -0.4 is 9.46 Å². The molecular formula is C18H20N4O4S2. The minimum absolute atomic E-state index is 0.144. The lowest BCUT2D eigenvalue weighted by atomic mass is 10.3. The van der Waals surface area contributed by atoms with Gasteiger partial charge in [0.15, 0.2) is 5.16 Å². The summed E-state index contributed by atoms with van der Waals surface area (Å²) in [4.78, 5) is 0.867. The molecule has 0 radical (unpaired) electrons. The first-order valence-corrected chi connectivity index (χ1v) is 10.6. The predicted octanol–water partition coefficient (Wildman–Crippen LogP) is 2.79. The second-order valence-electron chi connectivity index (χ2n) is 5.74. The molecule has 2 aromatic carbocycles. The third kappa shape index (κ3) is 5.03. The molecule has 0 amide bonds. The summed E-state index contributed by atoms with van der Waals surface area (Å²) in [6.45, 7) is 0.856. The number of sulfonamides is 1. The molecule has 1 N–H and O–H groups in total. The van der Waals surface area contributed by atoms with E-state index in [-0.39, 0.29) is 4.90 Å². The fourth-order valence-corrected chi connectivity index (χ4v) is 4.26. The maximum atomic E-state index is 12.8. The molecule has 0 aliphatic rings. The molecule has 148 valence electrons. The lowest BCUT2D eigenvalue weighted by Gasteiger charge is -2.12. The molecule has 28 heavy (non-hydrogen) atoms. The smallest absolute Gasteiger partial charge is 0.261 e. The van der Waals surface area contributed by atoms with Gasteiger partial charge in [-0.25, -0.2) is 8.42 Å². The van der Waals surface area contributed by atoms with Gasteiger partial charge in [0.25, 0.3) is 10.0 Å². The van der Waals surface area contributed by atoms with E-state index in [1.54, 1.807) is 42.3 Å². The van der Waals surface area contributed by atoms with E-state index in [4.69, 9.17) is 9.47 Å². The summed E-state index contributed by atoms with van der Waals surface area (Å²) >= 11 is 1.33. The van der Waals surface area contributed by atoms with Crippen molar-refractivity contribution in [1.82, 2.24) is 14.8 Å². The molecule has 0 saturated carbocycles. The largest absolute Gasteiger partial charge is 0.491 e. The average Bonchev–Trinajstić information content (AvgIpc) is 3.08. The normalized spacial score (nSPS) is 11.4. The van der Waals surface area contributed by atoms with E-state index in [0.29, 0.717) is 29.8 Å². The van der Waals surface area contributed by atoms with Gasteiger partial charge < -0.3 is 14.0 Å². The summed E-state index contributed by atoms with van der Waals surface area (Å²) in [6, 6.07) is 13.4.